The molecule has 1 aliphatic rings. The first-order chi connectivity index (χ1) is 10.4. The summed E-state index contributed by atoms with van der Waals surface area (Å²) in [6.45, 7) is 1.33. The van der Waals surface area contributed by atoms with Gasteiger partial charge < -0.3 is 9.84 Å². The van der Waals surface area contributed by atoms with E-state index in [1.807, 2.05) is 0 Å². The summed E-state index contributed by atoms with van der Waals surface area (Å²) < 4.78 is 32.9. The fourth-order valence-corrected chi connectivity index (χ4v) is 3.20. The van der Waals surface area contributed by atoms with E-state index < -0.39 is 23.4 Å². The third-order valence-electron chi connectivity index (χ3n) is 4.00. The Morgan fingerprint density at radius 1 is 1.09 bits per heavy atom. The highest BCUT2D eigenvalue weighted by Crippen LogP contribution is 2.44. The van der Waals surface area contributed by atoms with Crippen LogP contribution in [0.5, 0.6) is 0 Å². The Hall–Kier alpha value is -2.53. The van der Waals surface area contributed by atoms with Gasteiger partial charge in [0.1, 0.15) is 11.6 Å². The average Bonchev–Trinajstić information content (AvgIpc) is 2.68. The van der Waals surface area contributed by atoms with Gasteiger partial charge >= 0.3 is 5.97 Å². The number of benzene rings is 3. The van der Waals surface area contributed by atoms with Crippen molar-refractivity contribution in [1.82, 2.24) is 0 Å². The summed E-state index contributed by atoms with van der Waals surface area (Å²) >= 11 is 0. The Balaban J connectivity index is 2.38. The fraction of sp³-hybridized carbons (Fsp3) is 0.118. The van der Waals surface area contributed by atoms with Crippen LogP contribution in [0.2, 0.25) is 0 Å². The minimum atomic E-state index is -1.85. The third kappa shape index (κ3) is 1.54. The maximum absolute atomic E-state index is 14.3. The van der Waals surface area contributed by atoms with Crippen LogP contribution >= 0.6 is 0 Å². The smallest absolute Gasteiger partial charge is 0.342 e. The Morgan fingerprint density at radius 2 is 1.77 bits per heavy atom. The number of hydrogen-bond donors (Lipinski definition) is 1. The van der Waals surface area contributed by atoms with Crippen molar-refractivity contribution in [3.05, 3.63) is 59.2 Å². The molecule has 0 radical (unpaired) electrons. The van der Waals surface area contributed by atoms with Gasteiger partial charge in [-0.1, -0.05) is 24.3 Å². The Morgan fingerprint density at radius 3 is 2.50 bits per heavy atom. The van der Waals surface area contributed by atoms with Crippen molar-refractivity contribution in [2.24, 2.45) is 0 Å². The van der Waals surface area contributed by atoms with Crippen molar-refractivity contribution in [1.29, 1.82) is 0 Å². The largest absolute Gasteiger partial charge is 0.425 e. The zero-order valence-corrected chi connectivity index (χ0v) is 11.5. The first kappa shape index (κ1) is 13.2. The van der Waals surface area contributed by atoms with Gasteiger partial charge in [-0.3, -0.25) is 0 Å². The lowest BCUT2D eigenvalue weighted by atomic mass is 9.89. The molecule has 0 spiro atoms. The van der Waals surface area contributed by atoms with Gasteiger partial charge in [0.05, 0.1) is 5.56 Å². The van der Waals surface area contributed by atoms with Crippen LogP contribution in [0.15, 0.2) is 36.4 Å². The van der Waals surface area contributed by atoms with E-state index in [9.17, 15) is 18.7 Å². The van der Waals surface area contributed by atoms with E-state index in [0.717, 1.165) is 6.07 Å². The molecule has 3 aromatic carbocycles. The molecule has 0 amide bonds. The summed E-state index contributed by atoms with van der Waals surface area (Å²) in [6, 6.07) is 8.73. The first-order valence-corrected chi connectivity index (χ1v) is 6.70. The predicted octanol–water partition coefficient (Wildman–Crippen LogP) is 3.61. The highest BCUT2D eigenvalue weighted by Gasteiger charge is 2.43. The van der Waals surface area contributed by atoms with Crippen molar-refractivity contribution >= 4 is 27.5 Å². The summed E-state index contributed by atoms with van der Waals surface area (Å²) in [5.41, 5.74) is 0.169. The lowest BCUT2D eigenvalue weighted by molar-refractivity contribution is -0.146. The molecule has 3 aromatic rings. The number of carbonyl (C=O) groups is 1. The third-order valence-corrected chi connectivity index (χ3v) is 4.00. The maximum atomic E-state index is 14.3. The van der Waals surface area contributed by atoms with Crippen LogP contribution in [0, 0.1) is 11.6 Å². The molecule has 110 valence electrons. The predicted molar refractivity (Wildman–Crippen MR) is 76.4 cm³/mol. The molecule has 5 heteroatoms. The number of halogens is 2. The molecule has 4 rings (SSSR count). The van der Waals surface area contributed by atoms with Gasteiger partial charge in [-0.05, 0) is 22.2 Å². The van der Waals surface area contributed by atoms with Gasteiger partial charge in [-0.2, -0.15) is 0 Å². The second-order valence-electron chi connectivity index (χ2n) is 5.48. The van der Waals surface area contributed by atoms with Crippen LogP contribution in [0.4, 0.5) is 8.78 Å². The maximum Gasteiger partial charge on any atom is 0.342 e. The van der Waals surface area contributed by atoms with E-state index in [1.165, 1.54) is 13.0 Å². The molecule has 0 fully saturated rings. The SMILES string of the molecule is CC1(O)OC(=O)c2c1c1ccccc1c1cc(F)cc(F)c21. The van der Waals surface area contributed by atoms with Crippen molar-refractivity contribution in [3.63, 3.8) is 0 Å². The van der Waals surface area contributed by atoms with Gasteiger partial charge in [0.15, 0.2) is 0 Å². The van der Waals surface area contributed by atoms with Crippen LogP contribution < -0.4 is 0 Å². The second kappa shape index (κ2) is 4.01. The molecule has 0 aromatic heterocycles. The minimum Gasteiger partial charge on any atom is -0.425 e. The Kier molecular flexibility index (Phi) is 2.40. The van der Waals surface area contributed by atoms with E-state index in [0.29, 0.717) is 10.8 Å². The normalized spacial score (nSPS) is 20.5. The Labute approximate surface area is 123 Å². The van der Waals surface area contributed by atoms with Gasteiger partial charge in [-0.25, -0.2) is 13.6 Å². The number of fused-ring (bicyclic) bond motifs is 6. The number of aliphatic hydroxyl groups is 1. The summed E-state index contributed by atoms with van der Waals surface area (Å²) in [7, 11) is 0. The van der Waals surface area contributed by atoms with Gasteiger partial charge in [0.25, 0.3) is 0 Å². The number of ether oxygens (including phenoxy) is 1. The molecule has 0 aliphatic carbocycles. The highest BCUT2D eigenvalue weighted by atomic mass is 19.1. The number of rotatable bonds is 0. The van der Waals surface area contributed by atoms with E-state index in [1.54, 1.807) is 24.3 Å². The number of hydrogen-bond acceptors (Lipinski definition) is 3. The molecule has 22 heavy (non-hydrogen) atoms. The van der Waals surface area contributed by atoms with Crippen LogP contribution in [0.1, 0.15) is 22.8 Å². The molecule has 1 unspecified atom stereocenters. The van der Waals surface area contributed by atoms with Gasteiger partial charge in [0, 0.05) is 23.9 Å². The van der Waals surface area contributed by atoms with Gasteiger partial charge in [-0.15, -0.1) is 0 Å². The monoisotopic (exact) mass is 300 g/mol. The molecule has 0 bridgehead atoms. The zero-order valence-electron chi connectivity index (χ0n) is 11.5. The summed E-state index contributed by atoms with van der Waals surface area (Å²) in [5, 5.41) is 11.7. The number of carbonyl (C=O) groups excluding carboxylic acids is 1. The van der Waals surface area contributed by atoms with Crippen LogP contribution in [-0.2, 0) is 10.5 Å². The molecule has 0 saturated carbocycles. The molecule has 1 heterocycles. The molecule has 3 nitrogen and oxygen atoms in total. The van der Waals surface area contributed by atoms with Crippen molar-refractivity contribution in [2.45, 2.75) is 12.7 Å². The summed E-state index contributed by atoms with van der Waals surface area (Å²) in [6.07, 6.45) is 0. The van der Waals surface area contributed by atoms with E-state index >= 15 is 0 Å². The molecular formula is C17H10F2O3. The average molecular weight is 300 g/mol. The summed E-state index contributed by atoms with van der Waals surface area (Å²) in [4.78, 5) is 12.1. The molecule has 1 aliphatic heterocycles. The minimum absolute atomic E-state index is 0.0297. The molecule has 0 saturated heterocycles. The first-order valence-electron chi connectivity index (χ1n) is 6.70. The second-order valence-corrected chi connectivity index (χ2v) is 5.48. The highest BCUT2D eigenvalue weighted by molar-refractivity contribution is 6.19. The standard InChI is InChI=1S/C17H10F2O3/c1-17(21)15-10-5-3-2-4-9(10)11-6-8(18)7-12(19)13(11)14(15)16(20)22-17/h2-7,21H,1H3. The quantitative estimate of drug-likeness (QED) is 0.509. The topological polar surface area (TPSA) is 46.5 Å². The van der Waals surface area contributed by atoms with Crippen molar-refractivity contribution in [3.8, 4) is 0 Å². The van der Waals surface area contributed by atoms with Crippen molar-refractivity contribution < 1.29 is 23.4 Å². The van der Waals surface area contributed by atoms with Crippen LogP contribution in [-0.4, -0.2) is 11.1 Å². The van der Waals surface area contributed by atoms with Crippen LogP contribution in [0.3, 0.4) is 0 Å². The van der Waals surface area contributed by atoms with Crippen LogP contribution in [0.25, 0.3) is 21.5 Å². The number of cyclic esters (lactones) is 1. The number of esters is 1. The van der Waals surface area contributed by atoms with E-state index in [4.69, 9.17) is 4.74 Å². The molecule has 1 N–H and O–H groups in total. The molecule has 1 atom stereocenters. The fourth-order valence-electron chi connectivity index (χ4n) is 3.20. The molecular weight excluding hydrogens is 290 g/mol. The van der Waals surface area contributed by atoms with Crippen molar-refractivity contribution in [2.75, 3.05) is 0 Å². The lowest BCUT2D eigenvalue weighted by Gasteiger charge is -2.18. The zero-order chi connectivity index (χ0) is 15.6. The van der Waals surface area contributed by atoms with E-state index in [2.05, 4.69) is 0 Å². The van der Waals surface area contributed by atoms with Gasteiger partial charge in [0.2, 0.25) is 5.79 Å². The Bertz CT molecular complexity index is 977. The van der Waals surface area contributed by atoms with E-state index in [-0.39, 0.29) is 21.9 Å². The summed E-state index contributed by atoms with van der Waals surface area (Å²) in [5.74, 6) is -4.25. The lowest BCUT2D eigenvalue weighted by Crippen LogP contribution is -2.20.